The van der Waals surface area contributed by atoms with Crippen molar-refractivity contribution in [3.63, 3.8) is 0 Å². The summed E-state index contributed by atoms with van der Waals surface area (Å²) in [6.45, 7) is 2.04. The number of anilines is 1. The lowest BCUT2D eigenvalue weighted by Gasteiger charge is -2.09. The Hall–Kier alpha value is -2.62. The molecule has 0 aliphatic rings. The second-order valence-corrected chi connectivity index (χ2v) is 4.72. The number of nitrogens with zero attached hydrogens (tertiary/aromatic N) is 2. The van der Waals surface area contributed by atoms with Gasteiger partial charge >= 0.3 is 0 Å². The van der Waals surface area contributed by atoms with E-state index in [1.807, 2.05) is 35.8 Å². The summed E-state index contributed by atoms with van der Waals surface area (Å²) in [5, 5.41) is 0. The highest BCUT2D eigenvalue weighted by molar-refractivity contribution is 5.63. The molecule has 2 aromatic carbocycles. The second-order valence-electron chi connectivity index (χ2n) is 4.72. The molecule has 1 aromatic heterocycles. The number of aromatic nitrogens is 2. The lowest BCUT2D eigenvalue weighted by atomic mass is 10.1. The second kappa shape index (κ2) is 4.81. The van der Waals surface area contributed by atoms with Crippen LogP contribution in [0.3, 0.4) is 0 Å². The Kier molecular flexibility index (Phi) is 2.99. The topological polar surface area (TPSA) is 43.8 Å². The van der Waals surface area contributed by atoms with Crippen molar-refractivity contribution < 1.29 is 4.39 Å². The maximum Gasteiger partial charge on any atom is 0.146 e. The van der Waals surface area contributed by atoms with Gasteiger partial charge in [0.1, 0.15) is 5.82 Å². The Morgan fingerprint density at radius 3 is 2.55 bits per heavy atom. The van der Waals surface area contributed by atoms with Crippen LogP contribution in [-0.4, -0.2) is 9.55 Å². The Morgan fingerprint density at radius 2 is 1.85 bits per heavy atom. The van der Waals surface area contributed by atoms with Crippen molar-refractivity contribution in [2.24, 2.45) is 0 Å². The highest BCUT2D eigenvalue weighted by atomic mass is 19.1. The van der Waals surface area contributed by atoms with Gasteiger partial charge in [-0.25, -0.2) is 9.37 Å². The first-order valence-corrected chi connectivity index (χ1v) is 6.30. The van der Waals surface area contributed by atoms with E-state index >= 15 is 0 Å². The van der Waals surface area contributed by atoms with Crippen molar-refractivity contribution in [3.8, 4) is 16.9 Å². The van der Waals surface area contributed by atoms with Crippen LogP contribution < -0.4 is 5.73 Å². The largest absolute Gasteiger partial charge is 0.396 e. The van der Waals surface area contributed by atoms with Crippen molar-refractivity contribution >= 4 is 5.69 Å². The van der Waals surface area contributed by atoms with Crippen LogP contribution in [0.1, 0.15) is 5.56 Å². The predicted molar refractivity (Wildman–Crippen MR) is 78.1 cm³/mol. The smallest absolute Gasteiger partial charge is 0.146 e. The summed E-state index contributed by atoms with van der Waals surface area (Å²) in [7, 11) is 0. The summed E-state index contributed by atoms with van der Waals surface area (Å²) < 4.78 is 15.1. The molecule has 3 nitrogen and oxygen atoms in total. The highest BCUT2D eigenvalue weighted by Crippen LogP contribution is 2.24. The molecular formula is C16H14FN3. The van der Waals surface area contributed by atoms with E-state index in [1.54, 1.807) is 24.7 Å². The van der Waals surface area contributed by atoms with Crippen LogP contribution in [0.4, 0.5) is 10.1 Å². The molecule has 100 valence electrons. The van der Waals surface area contributed by atoms with Crippen molar-refractivity contribution in [2.45, 2.75) is 6.92 Å². The predicted octanol–water partition coefficient (Wildman–Crippen LogP) is 3.57. The highest BCUT2D eigenvalue weighted by Gasteiger charge is 2.08. The van der Waals surface area contributed by atoms with E-state index in [9.17, 15) is 4.39 Å². The van der Waals surface area contributed by atoms with Crippen LogP contribution in [0.25, 0.3) is 16.9 Å². The maximum absolute atomic E-state index is 13.3. The van der Waals surface area contributed by atoms with Crippen LogP contribution in [0.5, 0.6) is 0 Å². The quantitative estimate of drug-likeness (QED) is 0.721. The molecule has 0 amide bonds. The van der Waals surface area contributed by atoms with Gasteiger partial charge in [0.2, 0.25) is 0 Å². The number of nitrogen functional groups attached to an aromatic ring is 1. The first-order chi connectivity index (χ1) is 9.65. The van der Waals surface area contributed by atoms with Gasteiger partial charge in [-0.05, 0) is 25.1 Å². The summed E-state index contributed by atoms with van der Waals surface area (Å²) in [4.78, 5) is 4.18. The summed E-state index contributed by atoms with van der Waals surface area (Å²) in [5.74, 6) is -0.411. The van der Waals surface area contributed by atoms with Gasteiger partial charge in [0.15, 0.2) is 0 Å². The number of rotatable bonds is 2. The van der Waals surface area contributed by atoms with Gasteiger partial charge in [-0.2, -0.15) is 0 Å². The lowest BCUT2D eigenvalue weighted by molar-refractivity contribution is 0.632. The first-order valence-electron chi connectivity index (χ1n) is 6.30. The number of halogens is 1. The molecular weight excluding hydrogens is 253 g/mol. The fourth-order valence-corrected chi connectivity index (χ4v) is 2.12. The normalized spacial score (nSPS) is 10.7. The molecule has 0 spiro atoms. The van der Waals surface area contributed by atoms with E-state index in [0.717, 1.165) is 16.9 Å². The SMILES string of the molecule is Cc1ccc(-c2cncn2-c2ccc(F)c(N)c2)cc1. The fraction of sp³-hybridized carbons (Fsp3) is 0.0625. The molecule has 0 aliphatic heterocycles. The lowest BCUT2D eigenvalue weighted by Crippen LogP contribution is -1.98. The summed E-state index contributed by atoms with van der Waals surface area (Å²) in [6.07, 6.45) is 3.48. The zero-order chi connectivity index (χ0) is 14.1. The minimum absolute atomic E-state index is 0.131. The molecule has 20 heavy (non-hydrogen) atoms. The van der Waals surface area contributed by atoms with E-state index in [2.05, 4.69) is 4.98 Å². The third-order valence-electron chi connectivity index (χ3n) is 3.24. The average Bonchev–Trinajstić information content (AvgIpc) is 2.92. The number of benzene rings is 2. The monoisotopic (exact) mass is 267 g/mol. The van der Waals surface area contributed by atoms with Crippen LogP contribution in [0.2, 0.25) is 0 Å². The third kappa shape index (κ3) is 2.16. The molecule has 0 atom stereocenters. The molecule has 0 saturated heterocycles. The van der Waals surface area contributed by atoms with Crippen molar-refractivity contribution in [1.29, 1.82) is 0 Å². The number of aryl methyl sites for hydroxylation is 1. The van der Waals surface area contributed by atoms with E-state index in [0.29, 0.717) is 0 Å². The Morgan fingerprint density at radius 1 is 1.10 bits per heavy atom. The van der Waals surface area contributed by atoms with Crippen LogP contribution in [0, 0.1) is 12.7 Å². The molecule has 0 bridgehead atoms. The molecule has 0 radical (unpaired) electrons. The Labute approximate surface area is 116 Å². The van der Waals surface area contributed by atoms with Gasteiger partial charge < -0.3 is 5.73 Å². The van der Waals surface area contributed by atoms with Crippen molar-refractivity contribution in [2.75, 3.05) is 5.73 Å². The van der Waals surface area contributed by atoms with Crippen LogP contribution in [-0.2, 0) is 0 Å². The minimum atomic E-state index is -0.411. The molecule has 0 fully saturated rings. The molecule has 0 aliphatic carbocycles. The van der Waals surface area contributed by atoms with E-state index in [-0.39, 0.29) is 5.69 Å². The molecule has 1 heterocycles. The van der Waals surface area contributed by atoms with E-state index < -0.39 is 5.82 Å². The molecule has 0 saturated carbocycles. The Bertz CT molecular complexity index is 745. The van der Waals surface area contributed by atoms with Gasteiger partial charge in [-0.1, -0.05) is 29.8 Å². The zero-order valence-electron chi connectivity index (χ0n) is 11.0. The van der Waals surface area contributed by atoms with E-state index in [4.69, 9.17) is 5.73 Å². The third-order valence-corrected chi connectivity index (χ3v) is 3.24. The van der Waals surface area contributed by atoms with Crippen molar-refractivity contribution in [3.05, 3.63) is 66.4 Å². The number of imidazole rings is 1. The van der Waals surface area contributed by atoms with E-state index in [1.165, 1.54) is 11.6 Å². The van der Waals surface area contributed by atoms with Gasteiger partial charge in [0.25, 0.3) is 0 Å². The van der Waals surface area contributed by atoms with Crippen molar-refractivity contribution in [1.82, 2.24) is 9.55 Å². The molecule has 4 heteroatoms. The van der Waals surface area contributed by atoms with Gasteiger partial charge in [-0.3, -0.25) is 4.57 Å². The summed E-state index contributed by atoms with van der Waals surface area (Å²) in [5.41, 5.74) is 9.74. The Balaban J connectivity index is 2.10. The number of hydrogen-bond acceptors (Lipinski definition) is 2. The maximum atomic E-state index is 13.3. The van der Waals surface area contributed by atoms with Crippen LogP contribution in [0.15, 0.2) is 55.0 Å². The average molecular weight is 267 g/mol. The van der Waals surface area contributed by atoms with Gasteiger partial charge in [-0.15, -0.1) is 0 Å². The standard InChI is InChI=1S/C16H14FN3/c1-11-2-4-12(5-3-11)16-9-19-10-20(16)13-6-7-14(17)15(18)8-13/h2-10H,18H2,1H3. The molecule has 3 rings (SSSR count). The number of nitrogens with two attached hydrogens (primary N) is 1. The minimum Gasteiger partial charge on any atom is -0.396 e. The summed E-state index contributed by atoms with van der Waals surface area (Å²) >= 11 is 0. The number of hydrogen-bond donors (Lipinski definition) is 1. The van der Waals surface area contributed by atoms with Gasteiger partial charge in [0.05, 0.1) is 23.9 Å². The first kappa shape index (κ1) is 12.4. The molecule has 0 unspecified atom stereocenters. The van der Waals surface area contributed by atoms with Crippen LogP contribution >= 0.6 is 0 Å². The van der Waals surface area contributed by atoms with Gasteiger partial charge in [0, 0.05) is 11.3 Å². The summed E-state index contributed by atoms with van der Waals surface area (Å²) in [6, 6.07) is 12.8. The molecule has 2 N–H and O–H groups in total. The fourth-order valence-electron chi connectivity index (χ4n) is 2.12. The zero-order valence-corrected chi connectivity index (χ0v) is 11.0. The molecule has 3 aromatic rings.